The van der Waals surface area contributed by atoms with Gasteiger partial charge in [0.2, 0.25) is 11.8 Å². The molecule has 1 atom stereocenters. The van der Waals surface area contributed by atoms with Gasteiger partial charge in [-0.1, -0.05) is 6.92 Å². The van der Waals surface area contributed by atoms with Crippen LogP contribution in [-0.4, -0.2) is 23.3 Å². The first-order valence-corrected chi connectivity index (χ1v) is 4.26. The second-order valence-corrected chi connectivity index (χ2v) is 3.00. The predicted octanol–water partition coefficient (Wildman–Crippen LogP) is 0.889. The molecule has 0 radical (unpaired) electrons. The molecule has 1 aliphatic rings. The highest BCUT2D eigenvalue weighted by molar-refractivity contribution is 6.04. The number of hydrogen-bond acceptors (Lipinski definition) is 3. The van der Waals surface area contributed by atoms with Gasteiger partial charge < -0.3 is 4.74 Å². The fraction of sp³-hybridized carbons (Fsp3) is 0.556. The molecule has 4 heteroatoms. The van der Waals surface area contributed by atoms with Crippen LogP contribution in [0.15, 0.2) is 12.5 Å². The highest BCUT2D eigenvalue weighted by atomic mass is 16.5. The zero-order valence-corrected chi connectivity index (χ0v) is 7.87. The van der Waals surface area contributed by atoms with Crippen LogP contribution in [0.5, 0.6) is 0 Å². The molecule has 13 heavy (non-hydrogen) atoms. The van der Waals surface area contributed by atoms with Crippen LogP contribution in [0.3, 0.4) is 0 Å². The molecular weight excluding hydrogens is 170 g/mol. The van der Waals surface area contributed by atoms with Crippen LogP contribution >= 0.6 is 0 Å². The molecule has 1 aliphatic heterocycles. The van der Waals surface area contributed by atoms with Crippen LogP contribution in [0.2, 0.25) is 0 Å². The minimum Gasteiger partial charge on any atom is -0.479 e. The standard InChI is InChI=1S/C9H13NO3/c1-4-13-7(3)10-8(11)5-6(2)9(10)12/h6H,3-5H2,1-2H3. The average Bonchev–Trinajstić information content (AvgIpc) is 2.27. The summed E-state index contributed by atoms with van der Waals surface area (Å²) in [5, 5.41) is 0. The van der Waals surface area contributed by atoms with E-state index in [1.54, 1.807) is 13.8 Å². The number of rotatable bonds is 3. The van der Waals surface area contributed by atoms with Gasteiger partial charge in [-0.2, -0.15) is 0 Å². The summed E-state index contributed by atoms with van der Waals surface area (Å²) in [6.07, 6.45) is 0.255. The van der Waals surface area contributed by atoms with Crippen molar-refractivity contribution >= 4 is 11.8 Å². The van der Waals surface area contributed by atoms with Gasteiger partial charge in [-0.3, -0.25) is 9.59 Å². The molecule has 1 rings (SSSR count). The second kappa shape index (κ2) is 3.60. The first kappa shape index (κ1) is 9.77. The van der Waals surface area contributed by atoms with E-state index in [1.165, 1.54) is 0 Å². The molecule has 0 bridgehead atoms. The van der Waals surface area contributed by atoms with Gasteiger partial charge in [-0.05, 0) is 13.5 Å². The summed E-state index contributed by atoms with van der Waals surface area (Å²) < 4.78 is 5.00. The predicted molar refractivity (Wildman–Crippen MR) is 46.4 cm³/mol. The zero-order valence-electron chi connectivity index (χ0n) is 7.87. The van der Waals surface area contributed by atoms with Gasteiger partial charge in [0.25, 0.3) is 0 Å². The average molecular weight is 183 g/mol. The normalized spacial score (nSPS) is 22.3. The summed E-state index contributed by atoms with van der Waals surface area (Å²) in [7, 11) is 0. The Balaban J connectivity index is 2.74. The van der Waals surface area contributed by atoms with Crippen molar-refractivity contribution in [3.05, 3.63) is 12.5 Å². The van der Waals surface area contributed by atoms with Gasteiger partial charge in [-0.25, -0.2) is 4.90 Å². The van der Waals surface area contributed by atoms with Crippen LogP contribution < -0.4 is 0 Å². The summed E-state index contributed by atoms with van der Waals surface area (Å²) in [6.45, 7) is 7.43. The topological polar surface area (TPSA) is 46.6 Å². The third kappa shape index (κ3) is 1.71. The van der Waals surface area contributed by atoms with E-state index < -0.39 is 0 Å². The lowest BCUT2D eigenvalue weighted by Gasteiger charge is -2.16. The summed E-state index contributed by atoms with van der Waals surface area (Å²) >= 11 is 0. The molecule has 2 amide bonds. The number of carbonyl (C=O) groups is 2. The fourth-order valence-electron chi connectivity index (χ4n) is 1.28. The third-order valence-electron chi connectivity index (χ3n) is 1.93. The van der Waals surface area contributed by atoms with Gasteiger partial charge >= 0.3 is 0 Å². The lowest BCUT2D eigenvalue weighted by atomic mass is 10.1. The Hall–Kier alpha value is -1.32. The number of nitrogens with zero attached hydrogens (tertiary/aromatic N) is 1. The molecule has 0 spiro atoms. The Morgan fingerprint density at radius 2 is 2.31 bits per heavy atom. The molecule has 0 aromatic rings. The van der Waals surface area contributed by atoms with Crippen LogP contribution in [0.4, 0.5) is 0 Å². The molecule has 1 heterocycles. The van der Waals surface area contributed by atoms with E-state index in [0.717, 1.165) is 4.90 Å². The van der Waals surface area contributed by atoms with Crippen molar-refractivity contribution in [3.63, 3.8) is 0 Å². The van der Waals surface area contributed by atoms with Crippen molar-refractivity contribution in [3.8, 4) is 0 Å². The molecule has 1 fully saturated rings. The molecule has 4 nitrogen and oxygen atoms in total. The summed E-state index contributed by atoms with van der Waals surface area (Å²) in [5.74, 6) is -0.550. The summed E-state index contributed by atoms with van der Waals surface area (Å²) in [4.78, 5) is 23.7. The minimum atomic E-state index is -0.246. The molecule has 0 aliphatic carbocycles. The Morgan fingerprint density at radius 1 is 1.69 bits per heavy atom. The van der Waals surface area contributed by atoms with E-state index in [0.29, 0.717) is 6.61 Å². The van der Waals surface area contributed by atoms with E-state index in [2.05, 4.69) is 6.58 Å². The van der Waals surface area contributed by atoms with E-state index in [1.807, 2.05) is 0 Å². The molecule has 0 N–H and O–H groups in total. The van der Waals surface area contributed by atoms with E-state index in [4.69, 9.17) is 4.74 Å². The molecule has 1 saturated heterocycles. The molecule has 0 saturated carbocycles. The smallest absolute Gasteiger partial charge is 0.239 e. The van der Waals surface area contributed by atoms with E-state index >= 15 is 0 Å². The highest BCUT2D eigenvalue weighted by Crippen LogP contribution is 2.22. The van der Waals surface area contributed by atoms with Crippen molar-refractivity contribution in [2.75, 3.05) is 6.61 Å². The zero-order chi connectivity index (χ0) is 10.0. The van der Waals surface area contributed by atoms with Gasteiger partial charge in [0.1, 0.15) is 0 Å². The van der Waals surface area contributed by atoms with Crippen LogP contribution in [0, 0.1) is 5.92 Å². The monoisotopic (exact) mass is 183 g/mol. The summed E-state index contributed by atoms with van der Waals surface area (Å²) in [6, 6.07) is 0. The molecule has 72 valence electrons. The molecule has 0 aromatic heterocycles. The largest absolute Gasteiger partial charge is 0.479 e. The number of likely N-dealkylation sites (tertiary alicyclic amines) is 1. The SMILES string of the molecule is C=C(OCC)N1C(=O)CC(C)C1=O. The summed E-state index contributed by atoms with van der Waals surface area (Å²) in [5.41, 5.74) is 0. The quantitative estimate of drug-likeness (QED) is 0.482. The number of ether oxygens (including phenoxy) is 1. The van der Waals surface area contributed by atoms with E-state index in [-0.39, 0.29) is 30.0 Å². The molecule has 1 unspecified atom stereocenters. The minimum absolute atomic E-state index is 0.141. The van der Waals surface area contributed by atoms with Crippen molar-refractivity contribution < 1.29 is 14.3 Å². The number of amides is 2. The Morgan fingerprint density at radius 3 is 2.69 bits per heavy atom. The lowest BCUT2D eigenvalue weighted by molar-refractivity contribution is -0.139. The van der Waals surface area contributed by atoms with Crippen LogP contribution in [0.1, 0.15) is 20.3 Å². The fourth-order valence-corrected chi connectivity index (χ4v) is 1.28. The van der Waals surface area contributed by atoms with Gasteiger partial charge in [0.15, 0.2) is 5.88 Å². The first-order valence-electron chi connectivity index (χ1n) is 4.26. The Kier molecular flexibility index (Phi) is 2.70. The molecule has 0 aromatic carbocycles. The first-order chi connectivity index (χ1) is 6.07. The van der Waals surface area contributed by atoms with Crippen LogP contribution in [-0.2, 0) is 14.3 Å². The van der Waals surface area contributed by atoms with Crippen LogP contribution in [0.25, 0.3) is 0 Å². The van der Waals surface area contributed by atoms with Crippen molar-refractivity contribution in [2.24, 2.45) is 5.92 Å². The van der Waals surface area contributed by atoms with E-state index in [9.17, 15) is 9.59 Å². The number of imide groups is 1. The maximum atomic E-state index is 11.4. The Labute approximate surface area is 77.2 Å². The highest BCUT2D eigenvalue weighted by Gasteiger charge is 2.37. The maximum Gasteiger partial charge on any atom is 0.239 e. The van der Waals surface area contributed by atoms with Gasteiger partial charge in [0, 0.05) is 12.3 Å². The number of hydrogen-bond donors (Lipinski definition) is 0. The van der Waals surface area contributed by atoms with Gasteiger partial charge in [0.05, 0.1) is 6.61 Å². The lowest BCUT2D eigenvalue weighted by Crippen LogP contribution is -2.30. The third-order valence-corrected chi connectivity index (χ3v) is 1.93. The van der Waals surface area contributed by atoms with Crippen molar-refractivity contribution in [1.82, 2.24) is 4.90 Å². The van der Waals surface area contributed by atoms with Crippen molar-refractivity contribution in [1.29, 1.82) is 0 Å². The number of carbonyl (C=O) groups excluding carboxylic acids is 2. The van der Waals surface area contributed by atoms with Gasteiger partial charge in [-0.15, -0.1) is 0 Å². The molecular formula is C9H13NO3. The van der Waals surface area contributed by atoms with Crippen molar-refractivity contribution in [2.45, 2.75) is 20.3 Å². The maximum absolute atomic E-state index is 11.4. The second-order valence-electron chi connectivity index (χ2n) is 3.00. The Bertz CT molecular complexity index is 260.